The molecule has 0 saturated carbocycles. The first-order valence-corrected chi connectivity index (χ1v) is 11.7. The van der Waals surface area contributed by atoms with E-state index in [0.717, 1.165) is 15.8 Å². The number of hydrogen-bond acceptors (Lipinski definition) is 6. The number of benzene rings is 2. The lowest BCUT2D eigenvalue weighted by molar-refractivity contribution is 0.0225. The zero-order valence-corrected chi connectivity index (χ0v) is 20.9. The summed E-state index contributed by atoms with van der Waals surface area (Å²) in [6.45, 7) is 12.0. The van der Waals surface area contributed by atoms with Gasteiger partial charge in [-0.15, -0.1) is 6.58 Å². The van der Waals surface area contributed by atoms with Crippen molar-refractivity contribution in [3.05, 3.63) is 96.3 Å². The highest BCUT2D eigenvalue weighted by atomic mass is 32.1. The second-order valence-corrected chi connectivity index (χ2v) is 8.17. The molecule has 0 spiro atoms. The topological polar surface area (TPSA) is 73.3 Å². The largest absolute Gasteiger partial charge is 0.468 e. The number of fused-ring (bicyclic) bond motifs is 1. The van der Waals surface area contributed by atoms with Gasteiger partial charge in [-0.25, -0.2) is 4.98 Å². The minimum absolute atomic E-state index is 0.212. The van der Waals surface area contributed by atoms with Crippen LogP contribution in [0.3, 0.4) is 0 Å². The molecule has 0 bridgehead atoms. The van der Waals surface area contributed by atoms with Gasteiger partial charge in [-0.1, -0.05) is 59.4 Å². The minimum atomic E-state index is -0.276. The highest BCUT2D eigenvalue weighted by Gasteiger charge is 2.11. The molecule has 6 nitrogen and oxygen atoms in total. The molecule has 34 heavy (non-hydrogen) atoms. The summed E-state index contributed by atoms with van der Waals surface area (Å²) in [4.78, 5) is 20.7. The first-order chi connectivity index (χ1) is 16.5. The Hall–Kier alpha value is -3.55. The van der Waals surface area contributed by atoms with E-state index < -0.39 is 0 Å². The number of aromatic nitrogens is 2. The van der Waals surface area contributed by atoms with Crippen molar-refractivity contribution in [1.29, 1.82) is 0 Å². The Bertz CT molecular complexity index is 1160. The first kappa shape index (κ1) is 26.7. The van der Waals surface area contributed by atoms with E-state index in [0.29, 0.717) is 23.2 Å². The van der Waals surface area contributed by atoms with Crippen LogP contribution in [-0.2, 0) is 4.74 Å². The lowest BCUT2D eigenvalue weighted by atomic mass is 10.2. The molecular weight excluding hydrogens is 446 g/mol. The molecule has 0 fully saturated rings. The molecule has 2 heterocycles. The molecule has 0 aliphatic heterocycles. The Morgan fingerprint density at radius 2 is 1.82 bits per heavy atom. The molecule has 0 radical (unpaired) electrons. The van der Waals surface area contributed by atoms with Crippen LogP contribution in [0.2, 0.25) is 0 Å². The predicted molar refractivity (Wildman–Crippen MR) is 141 cm³/mol. The van der Waals surface area contributed by atoms with Crippen LogP contribution in [0.4, 0.5) is 5.13 Å². The fraction of sp³-hybridized carbons (Fsp3) is 0.222. The minimum Gasteiger partial charge on any atom is -0.468 e. The molecule has 0 unspecified atom stereocenters. The number of pyridine rings is 1. The Labute approximate surface area is 205 Å². The summed E-state index contributed by atoms with van der Waals surface area (Å²) >= 11 is 1.39. The van der Waals surface area contributed by atoms with Crippen molar-refractivity contribution in [2.24, 2.45) is 0 Å². The molecule has 0 saturated heterocycles. The fourth-order valence-corrected chi connectivity index (χ4v) is 3.43. The van der Waals surface area contributed by atoms with Crippen molar-refractivity contribution in [3.63, 3.8) is 0 Å². The maximum atomic E-state index is 12.2. The van der Waals surface area contributed by atoms with E-state index in [1.54, 1.807) is 18.3 Å². The van der Waals surface area contributed by atoms with Crippen LogP contribution in [0.1, 0.15) is 35.5 Å². The Kier molecular flexibility index (Phi) is 11.4. The van der Waals surface area contributed by atoms with Gasteiger partial charge >= 0.3 is 0 Å². The molecule has 7 heteroatoms. The molecule has 0 aliphatic rings. The maximum absolute atomic E-state index is 12.2. The number of anilines is 1. The summed E-state index contributed by atoms with van der Waals surface area (Å²) in [7, 11) is 0. The van der Waals surface area contributed by atoms with Crippen molar-refractivity contribution in [2.45, 2.75) is 27.7 Å². The molecule has 1 N–H and O–H groups in total. The van der Waals surface area contributed by atoms with Gasteiger partial charge in [0.05, 0.1) is 10.2 Å². The normalized spacial score (nSPS) is 9.76. The number of carbonyl (C=O) groups excluding carboxylic acids is 1. The van der Waals surface area contributed by atoms with Crippen LogP contribution in [-0.4, -0.2) is 29.3 Å². The second kappa shape index (κ2) is 14.6. The van der Waals surface area contributed by atoms with Gasteiger partial charge in [-0.2, -0.15) is 0 Å². The number of thiazole rings is 1. The van der Waals surface area contributed by atoms with Gasteiger partial charge in [-0.05, 0) is 57.5 Å². The number of nitrogens with one attached hydrogen (secondary N) is 1. The van der Waals surface area contributed by atoms with Gasteiger partial charge in [0, 0.05) is 12.8 Å². The third kappa shape index (κ3) is 9.13. The van der Waals surface area contributed by atoms with E-state index in [1.165, 1.54) is 16.9 Å². The zero-order chi connectivity index (χ0) is 24.8. The molecule has 2 aromatic carbocycles. The smallest absolute Gasteiger partial charge is 0.276 e. The highest BCUT2D eigenvalue weighted by Crippen LogP contribution is 2.29. The summed E-state index contributed by atoms with van der Waals surface area (Å²) in [5.74, 6) is 0.430. The van der Waals surface area contributed by atoms with Crippen molar-refractivity contribution in [2.75, 3.05) is 18.7 Å². The third-order valence-corrected chi connectivity index (χ3v) is 5.11. The fourth-order valence-electron chi connectivity index (χ4n) is 2.54. The van der Waals surface area contributed by atoms with Crippen molar-refractivity contribution >= 4 is 32.6 Å². The zero-order valence-electron chi connectivity index (χ0n) is 20.1. The standard InChI is InChI=1S/C17H17N3O3S.C7H8.C3H6/c1-3-22-10-23-12-5-7-13-15(8-12)24-17(19-13)20-16(21)14-6-4-11(2)9-18-14;1-7-5-3-2-4-6-7;1-3-2/h4-9H,3,10H2,1-2H3,(H,19,20,21);2-6H,1H3;3H,1H2,2H3. The second-order valence-electron chi connectivity index (χ2n) is 7.14. The van der Waals surface area contributed by atoms with Crippen LogP contribution < -0.4 is 10.1 Å². The van der Waals surface area contributed by atoms with Crippen molar-refractivity contribution in [1.82, 2.24) is 9.97 Å². The molecule has 0 aliphatic carbocycles. The van der Waals surface area contributed by atoms with Crippen LogP contribution in [0.15, 0.2) is 79.5 Å². The van der Waals surface area contributed by atoms with Gasteiger partial charge < -0.3 is 9.47 Å². The Balaban J connectivity index is 0.000000341. The molecule has 178 valence electrons. The number of nitrogens with zero attached hydrogens (tertiary/aromatic N) is 2. The summed E-state index contributed by atoms with van der Waals surface area (Å²) in [5.41, 5.74) is 3.49. The Morgan fingerprint density at radius 1 is 1.09 bits per heavy atom. The van der Waals surface area contributed by atoms with Gasteiger partial charge in [0.15, 0.2) is 11.9 Å². The average molecular weight is 478 g/mol. The molecule has 4 rings (SSSR count). The monoisotopic (exact) mass is 477 g/mol. The third-order valence-electron chi connectivity index (χ3n) is 4.18. The van der Waals surface area contributed by atoms with Gasteiger partial charge in [-0.3, -0.25) is 15.1 Å². The Morgan fingerprint density at radius 3 is 2.41 bits per heavy atom. The summed E-state index contributed by atoms with van der Waals surface area (Å²) in [6.07, 6.45) is 3.41. The molecular formula is C27H31N3O3S. The van der Waals surface area contributed by atoms with E-state index in [2.05, 4.69) is 40.9 Å². The molecule has 4 aromatic rings. The van der Waals surface area contributed by atoms with Crippen LogP contribution in [0, 0.1) is 13.8 Å². The number of aryl methyl sites for hydroxylation is 2. The lowest BCUT2D eigenvalue weighted by Crippen LogP contribution is -2.13. The van der Waals surface area contributed by atoms with E-state index >= 15 is 0 Å². The van der Waals surface area contributed by atoms with Crippen molar-refractivity contribution in [3.8, 4) is 5.75 Å². The van der Waals surface area contributed by atoms with Gasteiger partial charge in [0.2, 0.25) is 0 Å². The van der Waals surface area contributed by atoms with Crippen LogP contribution in [0.25, 0.3) is 10.2 Å². The molecule has 1 amide bonds. The number of hydrogen-bond donors (Lipinski definition) is 1. The van der Waals surface area contributed by atoms with E-state index in [-0.39, 0.29) is 12.7 Å². The highest BCUT2D eigenvalue weighted by molar-refractivity contribution is 7.22. The van der Waals surface area contributed by atoms with E-state index in [9.17, 15) is 4.79 Å². The first-order valence-electron chi connectivity index (χ1n) is 10.9. The number of ether oxygens (including phenoxy) is 2. The molecule has 0 atom stereocenters. The van der Waals surface area contributed by atoms with E-state index in [1.807, 2.05) is 63.2 Å². The van der Waals surface area contributed by atoms with E-state index in [4.69, 9.17) is 9.47 Å². The quantitative estimate of drug-likeness (QED) is 0.188. The average Bonchev–Trinajstić information content (AvgIpc) is 3.22. The maximum Gasteiger partial charge on any atom is 0.276 e. The van der Waals surface area contributed by atoms with Crippen molar-refractivity contribution < 1.29 is 14.3 Å². The SMILES string of the molecule is C=CC.CCOCOc1ccc2nc(NC(=O)c3ccc(C)cn3)sc2c1.Cc1ccccc1. The van der Waals surface area contributed by atoms with Crippen LogP contribution >= 0.6 is 11.3 Å². The van der Waals surface area contributed by atoms with Gasteiger partial charge in [0.25, 0.3) is 5.91 Å². The van der Waals surface area contributed by atoms with Gasteiger partial charge in [0.1, 0.15) is 11.4 Å². The summed E-state index contributed by atoms with van der Waals surface area (Å²) in [5, 5.41) is 3.31. The number of rotatable bonds is 6. The lowest BCUT2D eigenvalue weighted by Gasteiger charge is -2.04. The van der Waals surface area contributed by atoms with Crippen LogP contribution in [0.5, 0.6) is 5.75 Å². The summed E-state index contributed by atoms with van der Waals surface area (Å²) < 4.78 is 11.6. The predicted octanol–water partition coefficient (Wildman–Crippen LogP) is 6.81. The summed E-state index contributed by atoms with van der Waals surface area (Å²) in [6, 6.07) is 19.4. The number of carbonyl (C=O) groups is 1. The number of amides is 1. The number of allylic oxidation sites excluding steroid dienone is 1. The molecule has 2 aromatic heterocycles.